The molecule has 1 aromatic rings. The SMILES string of the molecule is COc1ccc(CCNCC2COCCN2)cc1C. The van der Waals surface area contributed by atoms with E-state index >= 15 is 0 Å². The fraction of sp³-hybridized carbons (Fsp3) is 0.600. The molecule has 2 rings (SSSR count). The predicted molar refractivity (Wildman–Crippen MR) is 76.9 cm³/mol. The Bertz CT molecular complexity index is 390. The summed E-state index contributed by atoms with van der Waals surface area (Å²) in [6, 6.07) is 6.82. The number of methoxy groups -OCH3 is 1. The van der Waals surface area contributed by atoms with Gasteiger partial charge in [0.05, 0.1) is 20.3 Å². The van der Waals surface area contributed by atoms with E-state index in [1.165, 1.54) is 11.1 Å². The smallest absolute Gasteiger partial charge is 0.121 e. The molecule has 0 bridgehead atoms. The first-order valence-corrected chi connectivity index (χ1v) is 6.95. The third-order valence-electron chi connectivity index (χ3n) is 3.44. The van der Waals surface area contributed by atoms with Crippen molar-refractivity contribution < 1.29 is 9.47 Å². The Kier molecular flexibility index (Phi) is 5.63. The van der Waals surface area contributed by atoms with Crippen molar-refractivity contribution in [3.8, 4) is 5.75 Å². The molecule has 1 fully saturated rings. The van der Waals surface area contributed by atoms with Gasteiger partial charge in [0, 0.05) is 19.1 Å². The van der Waals surface area contributed by atoms with Crippen LogP contribution in [0.1, 0.15) is 11.1 Å². The molecule has 0 aliphatic carbocycles. The van der Waals surface area contributed by atoms with Crippen LogP contribution in [0.5, 0.6) is 5.75 Å². The van der Waals surface area contributed by atoms with Crippen LogP contribution in [0.25, 0.3) is 0 Å². The highest BCUT2D eigenvalue weighted by Crippen LogP contribution is 2.18. The summed E-state index contributed by atoms with van der Waals surface area (Å²) < 4.78 is 10.7. The lowest BCUT2D eigenvalue weighted by Gasteiger charge is -2.24. The lowest BCUT2D eigenvalue weighted by atomic mass is 10.1. The topological polar surface area (TPSA) is 42.5 Å². The minimum atomic E-state index is 0.450. The zero-order valence-corrected chi connectivity index (χ0v) is 11.9. The monoisotopic (exact) mass is 264 g/mol. The summed E-state index contributed by atoms with van der Waals surface area (Å²) in [5, 5.41) is 6.92. The van der Waals surface area contributed by atoms with Gasteiger partial charge in [-0.2, -0.15) is 0 Å². The summed E-state index contributed by atoms with van der Waals surface area (Å²) in [7, 11) is 1.71. The van der Waals surface area contributed by atoms with Gasteiger partial charge in [-0.25, -0.2) is 0 Å². The van der Waals surface area contributed by atoms with E-state index in [2.05, 4.69) is 29.7 Å². The fourth-order valence-electron chi connectivity index (χ4n) is 2.36. The van der Waals surface area contributed by atoms with Crippen LogP contribution in [-0.4, -0.2) is 46.0 Å². The van der Waals surface area contributed by atoms with Gasteiger partial charge in [-0.3, -0.25) is 0 Å². The van der Waals surface area contributed by atoms with Crippen molar-refractivity contribution in [1.29, 1.82) is 0 Å². The maximum absolute atomic E-state index is 5.42. The number of hydrogen-bond donors (Lipinski definition) is 2. The minimum absolute atomic E-state index is 0.450. The Morgan fingerprint density at radius 1 is 1.47 bits per heavy atom. The summed E-state index contributed by atoms with van der Waals surface area (Å²) in [6.07, 6.45) is 1.04. The molecule has 0 aromatic heterocycles. The Morgan fingerprint density at radius 2 is 2.37 bits per heavy atom. The first-order valence-electron chi connectivity index (χ1n) is 6.95. The van der Waals surface area contributed by atoms with Crippen molar-refractivity contribution in [2.45, 2.75) is 19.4 Å². The van der Waals surface area contributed by atoms with Crippen LogP contribution in [0.15, 0.2) is 18.2 Å². The summed E-state index contributed by atoms with van der Waals surface area (Å²) in [4.78, 5) is 0. The number of aryl methyl sites for hydroxylation is 1. The summed E-state index contributed by atoms with van der Waals surface area (Å²) >= 11 is 0. The van der Waals surface area contributed by atoms with E-state index in [1.807, 2.05) is 6.07 Å². The van der Waals surface area contributed by atoms with E-state index in [9.17, 15) is 0 Å². The lowest BCUT2D eigenvalue weighted by Crippen LogP contribution is -2.47. The molecule has 1 saturated heterocycles. The minimum Gasteiger partial charge on any atom is -0.496 e. The molecule has 1 unspecified atom stereocenters. The summed E-state index contributed by atoms with van der Waals surface area (Å²) in [6.45, 7) is 6.65. The number of morpholine rings is 1. The van der Waals surface area contributed by atoms with E-state index in [4.69, 9.17) is 9.47 Å². The third kappa shape index (κ3) is 4.49. The molecule has 2 N–H and O–H groups in total. The molecular formula is C15H24N2O2. The van der Waals surface area contributed by atoms with Crippen molar-refractivity contribution in [3.63, 3.8) is 0 Å². The van der Waals surface area contributed by atoms with Crippen LogP contribution in [0.2, 0.25) is 0 Å². The van der Waals surface area contributed by atoms with Crippen molar-refractivity contribution in [3.05, 3.63) is 29.3 Å². The molecule has 1 heterocycles. The second-order valence-electron chi connectivity index (χ2n) is 4.98. The zero-order chi connectivity index (χ0) is 13.5. The number of hydrogen-bond acceptors (Lipinski definition) is 4. The van der Waals surface area contributed by atoms with E-state index in [0.717, 1.165) is 45.0 Å². The van der Waals surface area contributed by atoms with Crippen molar-refractivity contribution in [2.75, 3.05) is 40.0 Å². The number of nitrogens with one attached hydrogen (secondary N) is 2. The first kappa shape index (κ1) is 14.3. The molecule has 106 valence electrons. The second kappa shape index (κ2) is 7.48. The molecule has 1 aromatic carbocycles. The average molecular weight is 264 g/mol. The van der Waals surface area contributed by atoms with E-state index in [1.54, 1.807) is 7.11 Å². The standard InChI is InChI=1S/C15H24N2O2/c1-12-9-13(3-4-15(12)18-2)5-6-16-10-14-11-19-8-7-17-14/h3-4,9,14,16-17H,5-8,10-11H2,1-2H3. The maximum Gasteiger partial charge on any atom is 0.121 e. The summed E-state index contributed by atoms with van der Waals surface area (Å²) in [5.74, 6) is 0.959. The fourth-order valence-corrected chi connectivity index (χ4v) is 2.36. The highest BCUT2D eigenvalue weighted by atomic mass is 16.5. The Balaban J connectivity index is 1.69. The van der Waals surface area contributed by atoms with Crippen LogP contribution in [-0.2, 0) is 11.2 Å². The van der Waals surface area contributed by atoms with Crippen LogP contribution in [0, 0.1) is 6.92 Å². The number of rotatable bonds is 6. The number of benzene rings is 1. The lowest BCUT2D eigenvalue weighted by molar-refractivity contribution is 0.0768. The van der Waals surface area contributed by atoms with Crippen LogP contribution in [0.4, 0.5) is 0 Å². The normalized spacial score (nSPS) is 19.4. The van der Waals surface area contributed by atoms with Crippen molar-refractivity contribution >= 4 is 0 Å². The molecular weight excluding hydrogens is 240 g/mol. The van der Waals surface area contributed by atoms with Gasteiger partial charge in [0.25, 0.3) is 0 Å². The van der Waals surface area contributed by atoms with Crippen molar-refractivity contribution in [1.82, 2.24) is 10.6 Å². The molecule has 1 atom stereocenters. The third-order valence-corrected chi connectivity index (χ3v) is 3.44. The molecule has 0 radical (unpaired) electrons. The Morgan fingerprint density at radius 3 is 3.05 bits per heavy atom. The van der Waals surface area contributed by atoms with E-state index in [-0.39, 0.29) is 0 Å². The molecule has 1 aliphatic heterocycles. The van der Waals surface area contributed by atoms with Gasteiger partial charge in [0.15, 0.2) is 0 Å². The van der Waals surface area contributed by atoms with Gasteiger partial charge in [-0.15, -0.1) is 0 Å². The van der Waals surface area contributed by atoms with Gasteiger partial charge >= 0.3 is 0 Å². The highest BCUT2D eigenvalue weighted by Gasteiger charge is 2.11. The Hall–Kier alpha value is -1.10. The second-order valence-corrected chi connectivity index (χ2v) is 4.98. The summed E-state index contributed by atoms with van der Waals surface area (Å²) in [5.41, 5.74) is 2.54. The van der Waals surface area contributed by atoms with Crippen molar-refractivity contribution in [2.24, 2.45) is 0 Å². The van der Waals surface area contributed by atoms with Gasteiger partial charge in [-0.05, 0) is 37.1 Å². The van der Waals surface area contributed by atoms with Crippen LogP contribution >= 0.6 is 0 Å². The molecule has 0 spiro atoms. The molecule has 4 nitrogen and oxygen atoms in total. The van der Waals surface area contributed by atoms with Gasteiger partial charge < -0.3 is 20.1 Å². The van der Waals surface area contributed by atoms with Gasteiger partial charge in [-0.1, -0.05) is 12.1 Å². The predicted octanol–water partition coefficient (Wildman–Crippen LogP) is 1.12. The average Bonchev–Trinajstić information content (AvgIpc) is 2.45. The molecule has 0 amide bonds. The quantitative estimate of drug-likeness (QED) is 0.756. The van der Waals surface area contributed by atoms with Gasteiger partial charge in [0.1, 0.15) is 5.75 Å². The molecule has 19 heavy (non-hydrogen) atoms. The van der Waals surface area contributed by atoms with Crippen LogP contribution in [0.3, 0.4) is 0 Å². The molecule has 4 heteroatoms. The van der Waals surface area contributed by atoms with E-state index < -0.39 is 0 Å². The zero-order valence-electron chi connectivity index (χ0n) is 11.9. The van der Waals surface area contributed by atoms with Gasteiger partial charge in [0.2, 0.25) is 0 Å². The largest absolute Gasteiger partial charge is 0.496 e. The molecule has 1 aliphatic rings. The number of ether oxygens (including phenoxy) is 2. The van der Waals surface area contributed by atoms with Crippen LogP contribution < -0.4 is 15.4 Å². The maximum atomic E-state index is 5.42. The molecule has 0 saturated carbocycles. The highest BCUT2D eigenvalue weighted by molar-refractivity contribution is 5.36. The first-order chi connectivity index (χ1) is 9.29. The Labute approximate surface area is 115 Å². The van der Waals surface area contributed by atoms with E-state index in [0.29, 0.717) is 6.04 Å².